The third-order valence-electron chi connectivity index (χ3n) is 3.93. The van der Waals surface area contributed by atoms with Gasteiger partial charge in [0.15, 0.2) is 5.38 Å². The van der Waals surface area contributed by atoms with E-state index in [0.717, 1.165) is 0 Å². The van der Waals surface area contributed by atoms with Crippen molar-refractivity contribution < 1.29 is 24.2 Å². The summed E-state index contributed by atoms with van der Waals surface area (Å²) in [5.41, 5.74) is 0.615. The van der Waals surface area contributed by atoms with Gasteiger partial charge in [0.1, 0.15) is 11.4 Å². The minimum atomic E-state index is -0.914. The number of alkyl halides is 1. The second kappa shape index (κ2) is 9.76. The van der Waals surface area contributed by atoms with Crippen molar-refractivity contribution in [3.8, 4) is 5.75 Å². The van der Waals surface area contributed by atoms with Gasteiger partial charge in [0, 0.05) is 7.05 Å². The molecule has 0 aliphatic rings. The Kier molecular flexibility index (Phi) is 7.65. The number of hydrogen-bond donors (Lipinski definition) is 1. The molecule has 156 valence electrons. The number of carbonyl (C=O) groups excluding carboxylic acids is 2. The van der Waals surface area contributed by atoms with E-state index in [-0.39, 0.29) is 6.54 Å². The second-order valence-electron chi connectivity index (χ2n) is 7.64. The molecule has 0 heterocycles. The molecule has 0 spiro atoms. The molecule has 0 saturated carbocycles. The first-order valence-corrected chi connectivity index (χ1v) is 9.63. The van der Waals surface area contributed by atoms with Gasteiger partial charge in [0.25, 0.3) is 0 Å². The maximum atomic E-state index is 12.2. The van der Waals surface area contributed by atoms with Crippen molar-refractivity contribution in [1.82, 2.24) is 4.90 Å². The number of amides is 1. The summed E-state index contributed by atoms with van der Waals surface area (Å²) in [7, 11) is 1.55. The molecule has 0 aliphatic heterocycles. The number of nitrogens with zero attached hydrogens (tertiary/aromatic N) is 1. The Morgan fingerprint density at radius 1 is 1.03 bits per heavy atom. The Labute approximate surface area is 176 Å². The zero-order chi connectivity index (χ0) is 21.6. The van der Waals surface area contributed by atoms with Gasteiger partial charge >= 0.3 is 12.1 Å². The van der Waals surface area contributed by atoms with Crippen LogP contribution in [0.15, 0.2) is 54.6 Å². The summed E-state index contributed by atoms with van der Waals surface area (Å²) in [4.78, 5) is 25.5. The summed E-state index contributed by atoms with van der Waals surface area (Å²) in [6.45, 7) is 5.39. The highest BCUT2D eigenvalue weighted by molar-refractivity contribution is 6.30. The van der Waals surface area contributed by atoms with Crippen molar-refractivity contribution in [1.29, 1.82) is 0 Å². The second-order valence-corrected chi connectivity index (χ2v) is 8.08. The molecule has 2 unspecified atom stereocenters. The van der Waals surface area contributed by atoms with Crippen molar-refractivity contribution in [3.63, 3.8) is 0 Å². The molecule has 0 aromatic heterocycles. The van der Waals surface area contributed by atoms with Gasteiger partial charge < -0.3 is 19.5 Å². The standard InChI is InChI=1S/C22H26ClNO5/c1-22(2,3)29-21(27)24(4)14-18(25)15-10-12-17(13-11-15)28-20(26)19(23)16-8-6-5-7-9-16/h5-13,18-19,25H,14H2,1-4H3. The molecular formula is C22H26ClNO5. The minimum absolute atomic E-state index is 0.0613. The Morgan fingerprint density at radius 3 is 2.17 bits per heavy atom. The Bertz CT molecular complexity index is 817. The van der Waals surface area contributed by atoms with Crippen LogP contribution in [0.25, 0.3) is 0 Å². The van der Waals surface area contributed by atoms with E-state index in [1.165, 1.54) is 4.90 Å². The number of hydrogen-bond acceptors (Lipinski definition) is 5. The number of aliphatic hydroxyl groups excluding tert-OH is 1. The lowest BCUT2D eigenvalue weighted by Gasteiger charge is -2.26. The van der Waals surface area contributed by atoms with Gasteiger partial charge in [-0.15, -0.1) is 11.6 Å². The fourth-order valence-electron chi connectivity index (χ4n) is 2.46. The van der Waals surface area contributed by atoms with Crippen molar-refractivity contribution in [2.75, 3.05) is 13.6 Å². The van der Waals surface area contributed by atoms with Crippen LogP contribution < -0.4 is 4.74 Å². The molecular weight excluding hydrogens is 394 g/mol. The van der Waals surface area contributed by atoms with Crippen LogP contribution in [0.2, 0.25) is 0 Å². The summed E-state index contributed by atoms with van der Waals surface area (Å²) in [5, 5.41) is 9.46. The molecule has 0 bridgehead atoms. The molecule has 0 fully saturated rings. The number of carbonyl (C=O) groups is 2. The summed E-state index contributed by atoms with van der Waals surface area (Å²) < 4.78 is 10.6. The fraction of sp³-hybridized carbons (Fsp3) is 0.364. The van der Waals surface area contributed by atoms with Gasteiger partial charge in [-0.3, -0.25) is 0 Å². The lowest BCUT2D eigenvalue weighted by Crippen LogP contribution is -2.36. The van der Waals surface area contributed by atoms with Crippen molar-refractivity contribution in [2.24, 2.45) is 0 Å². The first-order chi connectivity index (χ1) is 13.6. The zero-order valence-electron chi connectivity index (χ0n) is 17.0. The predicted octanol–water partition coefficient (Wildman–Crippen LogP) is 4.47. The Hall–Kier alpha value is -2.57. The van der Waals surface area contributed by atoms with Crippen LogP contribution in [0.5, 0.6) is 5.75 Å². The van der Waals surface area contributed by atoms with Crippen LogP contribution in [0.1, 0.15) is 43.4 Å². The number of halogens is 1. The first-order valence-electron chi connectivity index (χ1n) is 9.19. The van der Waals surface area contributed by atoms with Crippen LogP contribution in [-0.4, -0.2) is 41.3 Å². The molecule has 2 atom stereocenters. The zero-order valence-corrected chi connectivity index (χ0v) is 17.7. The van der Waals surface area contributed by atoms with E-state index >= 15 is 0 Å². The van der Waals surface area contributed by atoms with Crippen LogP contribution in [0.4, 0.5) is 4.79 Å². The van der Waals surface area contributed by atoms with Crippen LogP contribution >= 0.6 is 11.6 Å². The van der Waals surface area contributed by atoms with E-state index in [0.29, 0.717) is 16.9 Å². The number of aliphatic hydroxyl groups is 1. The van der Waals surface area contributed by atoms with E-state index in [1.807, 2.05) is 6.07 Å². The van der Waals surface area contributed by atoms with Crippen molar-refractivity contribution in [3.05, 3.63) is 65.7 Å². The molecule has 0 aliphatic carbocycles. The van der Waals surface area contributed by atoms with Gasteiger partial charge in [-0.05, 0) is 44.0 Å². The number of ether oxygens (including phenoxy) is 2. The molecule has 0 saturated heterocycles. The Morgan fingerprint density at radius 2 is 1.62 bits per heavy atom. The SMILES string of the molecule is CN(CC(O)c1ccc(OC(=O)C(Cl)c2ccccc2)cc1)C(=O)OC(C)(C)C. The van der Waals surface area contributed by atoms with Crippen LogP contribution in [0, 0.1) is 0 Å². The topological polar surface area (TPSA) is 76.1 Å². The maximum absolute atomic E-state index is 12.2. The summed E-state index contributed by atoms with van der Waals surface area (Å²) in [5.74, 6) is -0.274. The summed E-state index contributed by atoms with van der Waals surface area (Å²) in [6.07, 6.45) is -1.43. The molecule has 0 radical (unpaired) electrons. The highest BCUT2D eigenvalue weighted by Crippen LogP contribution is 2.24. The van der Waals surface area contributed by atoms with Gasteiger partial charge in [0.2, 0.25) is 0 Å². The highest BCUT2D eigenvalue weighted by atomic mass is 35.5. The third kappa shape index (κ3) is 7.07. The summed E-state index contributed by atoms with van der Waals surface area (Å²) >= 11 is 6.16. The maximum Gasteiger partial charge on any atom is 0.410 e. The number of esters is 1. The average Bonchev–Trinajstić information content (AvgIpc) is 2.67. The smallest absolute Gasteiger partial charge is 0.410 e. The van der Waals surface area contributed by atoms with Gasteiger partial charge in [-0.2, -0.15) is 0 Å². The number of rotatable bonds is 6. The largest absolute Gasteiger partial charge is 0.444 e. The fourth-order valence-corrected chi connectivity index (χ4v) is 2.65. The number of likely N-dealkylation sites (N-methyl/N-ethyl adjacent to an activating group) is 1. The Balaban J connectivity index is 1.93. The highest BCUT2D eigenvalue weighted by Gasteiger charge is 2.22. The van der Waals surface area contributed by atoms with E-state index in [9.17, 15) is 14.7 Å². The third-order valence-corrected chi connectivity index (χ3v) is 4.36. The minimum Gasteiger partial charge on any atom is -0.444 e. The molecule has 6 nitrogen and oxygen atoms in total. The van der Waals surface area contributed by atoms with Crippen molar-refractivity contribution in [2.45, 2.75) is 37.9 Å². The molecule has 2 aromatic rings. The summed E-state index contributed by atoms with van der Waals surface area (Å²) in [6, 6.07) is 15.3. The van der Waals surface area contributed by atoms with Gasteiger partial charge in [-0.1, -0.05) is 42.5 Å². The molecule has 1 N–H and O–H groups in total. The molecule has 2 aromatic carbocycles. The number of benzene rings is 2. The molecule has 7 heteroatoms. The average molecular weight is 420 g/mol. The lowest BCUT2D eigenvalue weighted by molar-refractivity contribution is -0.134. The van der Waals surface area contributed by atoms with Crippen LogP contribution in [-0.2, 0) is 9.53 Å². The monoisotopic (exact) mass is 419 g/mol. The first kappa shape index (κ1) is 22.7. The van der Waals surface area contributed by atoms with E-state index in [1.54, 1.807) is 76.3 Å². The lowest BCUT2D eigenvalue weighted by atomic mass is 10.1. The molecule has 2 rings (SSSR count). The quantitative estimate of drug-likeness (QED) is 0.424. The predicted molar refractivity (Wildman–Crippen MR) is 111 cm³/mol. The molecule has 1 amide bonds. The normalized spacial score (nSPS) is 13.3. The van der Waals surface area contributed by atoms with E-state index in [4.69, 9.17) is 21.1 Å². The van der Waals surface area contributed by atoms with Crippen molar-refractivity contribution >= 4 is 23.7 Å². The molecule has 29 heavy (non-hydrogen) atoms. The van der Waals surface area contributed by atoms with Crippen LogP contribution in [0.3, 0.4) is 0 Å². The van der Waals surface area contributed by atoms with Gasteiger partial charge in [0.05, 0.1) is 12.6 Å². The van der Waals surface area contributed by atoms with E-state index in [2.05, 4.69) is 0 Å². The van der Waals surface area contributed by atoms with E-state index < -0.39 is 29.1 Å². The van der Waals surface area contributed by atoms with Gasteiger partial charge in [-0.25, -0.2) is 9.59 Å².